The largest absolute Gasteiger partial charge is 0.338 e. The summed E-state index contributed by atoms with van der Waals surface area (Å²) in [7, 11) is 0. The molecule has 2 N–H and O–H groups in total. The number of hydrogen-bond acceptors (Lipinski definition) is 2. The zero-order valence-corrected chi connectivity index (χ0v) is 10.9. The summed E-state index contributed by atoms with van der Waals surface area (Å²) >= 11 is 5.27. The van der Waals surface area contributed by atoms with Crippen LogP contribution in [0.4, 0.5) is 4.39 Å². The fourth-order valence-corrected chi connectivity index (χ4v) is 2.34. The summed E-state index contributed by atoms with van der Waals surface area (Å²) in [6.07, 6.45) is 0. The molecule has 1 fully saturated rings. The lowest BCUT2D eigenvalue weighted by molar-refractivity contribution is 0.202. The van der Waals surface area contributed by atoms with Crippen LogP contribution in [0.5, 0.6) is 0 Å². The summed E-state index contributed by atoms with van der Waals surface area (Å²) < 4.78 is 12.9. The molecule has 17 heavy (non-hydrogen) atoms. The number of rotatable bonds is 2. The molecule has 1 unspecified atom stereocenters. The van der Waals surface area contributed by atoms with Gasteiger partial charge >= 0.3 is 0 Å². The number of hydrogen-bond donors (Lipinski definition) is 2. The average Bonchev–Trinajstić information content (AvgIpc) is 2.56. The van der Waals surface area contributed by atoms with Crippen LogP contribution in [-0.2, 0) is 5.66 Å². The SMILES string of the molecule is CC(C)N1NC(C)(c2ccc(F)cc2)NC1=S. The fourth-order valence-electron chi connectivity index (χ4n) is 1.88. The number of nitrogens with one attached hydrogen (secondary N) is 2. The molecular weight excluding hydrogens is 237 g/mol. The van der Waals surface area contributed by atoms with Gasteiger partial charge in [0.1, 0.15) is 11.5 Å². The molecule has 1 aromatic carbocycles. The van der Waals surface area contributed by atoms with E-state index in [2.05, 4.69) is 24.6 Å². The third kappa shape index (κ3) is 2.25. The van der Waals surface area contributed by atoms with Crippen molar-refractivity contribution in [1.82, 2.24) is 15.8 Å². The van der Waals surface area contributed by atoms with Crippen LogP contribution in [0.15, 0.2) is 24.3 Å². The third-order valence-corrected chi connectivity index (χ3v) is 3.16. The quantitative estimate of drug-likeness (QED) is 0.789. The minimum absolute atomic E-state index is 0.237. The van der Waals surface area contributed by atoms with Crippen LogP contribution in [0.25, 0.3) is 0 Å². The fraction of sp³-hybridized carbons (Fsp3) is 0.417. The van der Waals surface area contributed by atoms with Gasteiger partial charge in [0.2, 0.25) is 0 Å². The van der Waals surface area contributed by atoms with Gasteiger partial charge in [0, 0.05) is 6.04 Å². The lowest BCUT2D eigenvalue weighted by atomic mass is 10.0. The number of halogens is 1. The lowest BCUT2D eigenvalue weighted by Gasteiger charge is -2.27. The Morgan fingerprint density at radius 2 is 1.88 bits per heavy atom. The summed E-state index contributed by atoms with van der Waals surface area (Å²) in [5.74, 6) is -0.237. The second-order valence-electron chi connectivity index (χ2n) is 4.64. The molecule has 5 heteroatoms. The van der Waals surface area contributed by atoms with Crippen LogP contribution in [0, 0.1) is 5.82 Å². The van der Waals surface area contributed by atoms with Crippen LogP contribution < -0.4 is 10.7 Å². The van der Waals surface area contributed by atoms with Gasteiger partial charge in [-0.15, -0.1) is 0 Å². The van der Waals surface area contributed by atoms with E-state index in [1.807, 2.05) is 11.9 Å². The average molecular weight is 253 g/mol. The van der Waals surface area contributed by atoms with Gasteiger partial charge in [-0.2, -0.15) is 0 Å². The van der Waals surface area contributed by atoms with E-state index < -0.39 is 5.66 Å². The first-order valence-electron chi connectivity index (χ1n) is 5.57. The van der Waals surface area contributed by atoms with Gasteiger partial charge in [0.15, 0.2) is 5.11 Å². The monoisotopic (exact) mass is 253 g/mol. The first-order valence-corrected chi connectivity index (χ1v) is 5.98. The number of hydrazine groups is 1. The maximum atomic E-state index is 12.9. The van der Waals surface area contributed by atoms with E-state index in [-0.39, 0.29) is 11.9 Å². The van der Waals surface area contributed by atoms with E-state index in [0.29, 0.717) is 5.11 Å². The summed E-state index contributed by atoms with van der Waals surface area (Å²) in [4.78, 5) is 0. The minimum atomic E-state index is -0.477. The van der Waals surface area contributed by atoms with Crippen molar-refractivity contribution in [2.45, 2.75) is 32.5 Å². The Morgan fingerprint density at radius 3 is 2.35 bits per heavy atom. The highest BCUT2D eigenvalue weighted by Crippen LogP contribution is 2.24. The predicted octanol–water partition coefficient (Wildman–Crippen LogP) is 2.10. The molecule has 1 heterocycles. The Morgan fingerprint density at radius 1 is 1.29 bits per heavy atom. The van der Waals surface area contributed by atoms with E-state index in [9.17, 15) is 4.39 Å². The zero-order chi connectivity index (χ0) is 12.6. The summed E-state index contributed by atoms with van der Waals surface area (Å²) in [5, 5.41) is 5.78. The molecule has 1 atom stereocenters. The van der Waals surface area contributed by atoms with E-state index in [1.54, 1.807) is 12.1 Å². The van der Waals surface area contributed by atoms with Crippen molar-refractivity contribution in [2.75, 3.05) is 0 Å². The van der Waals surface area contributed by atoms with Crippen LogP contribution in [0.2, 0.25) is 0 Å². The number of thiocarbonyl (C=S) groups is 1. The van der Waals surface area contributed by atoms with Gasteiger partial charge in [0.25, 0.3) is 0 Å². The van der Waals surface area contributed by atoms with E-state index in [1.165, 1.54) is 12.1 Å². The van der Waals surface area contributed by atoms with Crippen LogP contribution in [0.3, 0.4) is 0 Å². The van der Waals surface area contributed by atoms with Gasteiger partial charge in [-0.3, -0.25) is 5.01 Å². The van der Waals surface area contributed by atoms with Crippen molar-refractivity contribution in [3.8, 4) is 0 Å². The summed E-state index contributed by atoms with van der Waals surface area (Å²) in [6, 6.07) is 6.66. The van der Waals surface area contributed by atoms with Crippen molar-refractivity contribution < 1.29 is 4.39 Å². The molecule has 0 spiro atoms. The van der Waals surface area contributed by atoms with E-state index in [4.69, 9.17) is 12.2 Å². The van der Waals surface area contributed by atoms with Crippen molar-refractivity contribution in [2.24, 2.45) is 0 Å². The molecule has 2 rings (SSSR count). The van der Waals surface area contributed by atoms with Gasteiger partial charge in [-0.25, -0.2) is 9.82 Å². The second kappa shape index (κ2) is 4.23. The second-order valence-corrected chi connectivity index (χ2v) is 5.02. The Kier molecular flexibility index (Phi) is 3.05. The van der Waals surface area contributed by atoms with Gasteiger partial charge < -0.3 is 5.32 Å². The Hall–Kier alpha value is -1.20. The molecule has 3 nitrogen and oxygen atoms in total. The smallest absolute Gasteiger partial charge is 0.185 e. The highest BCUT2D eigenvalue weighted by molar-refractivity contribution is 7.80. The van der Waals surface area contributed by atoms with Gasteiger partial charge in [-0.05, 0) is 50.7 Å². The number of nitrogens with zero attached hydrogens (tertiary/aromatic N) is 1. The zero-order valence-electron chi connectivity index (χ0n) is 10.1. The summed E-state index contributed by atoms with van der Waals surface area (Å²) in [5.41, 5.74) is 3.78. The molecular formula is C12H16FN3S. The van der Waals surface area contributed by atoms with E-state index in [0.717, 1.165) is 5.56 Å². The first kappa shape index (κ1) is 12.3. The molecule has 1 aromatic rings. The van der Waals surface area contributed by atoms with Crippen molar-refractivity contribution >= 4 is 17.3 Å². The summed E-state index contributed by atoms with van der Waals surface area (Å²) in [6.45, 7) is 6.09. The van der Waals surface area contributed by atoms with Gasteiger partial charge in [-0.1, -0.05) is 12.1 Å². The lowest BCUT2D eigenvalue weighted by Crippen LogP contribution is -2.47. The Labute approximate surface area is 106 Å². The van der Waals surface area contributed by atoms with E-state index >= 15 is 0 Å². The Bertz CT molecular complexity index is 432. The molecule has 0 bridgehead atoms. The predicted molar refractivity (Wildman–Crippen MR) is 69.6 cm³/mol. The maximum Gasteiger partial charge on any atom is 0.185 e. The molecule has 0 amide bonds. The minimum Gasteiger partial charge on any atom is -0.338 e. The van der Waals surface area contributed by atoms with Crippen molar-refractivity contribution in [3.05, 3.63) is 35.6 Å². The highest BCUT2D eigenvalue weighted by atomic mass is 32.1. The topological polar surface area (TPSA) is 27.3 Å². The molecule has 0 aliphatic carbocycles. The molecule has 1 aliphatic heterocycles. The van der Waals surface area contributed by atoms with Crippen molar-refractivity contribution in [3.63, 3.8) is 0 Å². The highest BCUT2D eigenvalue weighted by Gasteiger charge is 2.38. The Balaban J connectivity index is 2.27. The first-order chi connectivity index (χ1) is 7.92. The van der Waals surface area contributed by atoms with Crippen LogP contribution >= 0.6 is 12.2 Å². The molecule has 0 aromatic heterocycles. The molecule has 0 radical (unpaired) electrons. The van der Waals surface area contributed by atoms with Crippen molar-refractivity contribution in [1.29, 1.82) is 0 Å². The van der Waals surface area contributed by atoms with Crippen LogP contribution in [0.1, 0.15) is 26.3 Å². The van der Waals surface area contributed by atoms with Crippen LogP contribution in [-0.4, -0.2) is 16.2 Å². The molecule has 1 aliphatic rings. The number of benzene rings is 1. The van der Waals surface area contributed by atoms with Gasteiger partial charge in [0.05, 0.1) is 0 Å². The molecule has 0 saturated carbocycles. The maximum absolute atomic E-state index is 12.9. The normalized spacial score (nSPS) is 24.3. The third-order valence-electron chi connectivity index (χ3n) is 2.86. The molecule has 1 saturated heterocycles. The standard InChI is InChI=1S/C12H16FN3S/c1-8(2)16-11(17)14-12(3,15-16)9-4-6-10(13)7-5-9/h4-8,15H,1-3H3,(H,14,17). The molecule has 92 valence electrons.